The molecule has 5 nitrogen and oxygen atoms in total. The third-order valence-electron chi connectivity index (χ3n) is 4.31. The second-order valence-electron chi connectivity index (χ2n) is 5.66. The van der Waals surface area contributed by atoms with Gasteiger partial charge in [0.15, 0.2) is 0 Å². The van der Waals surface area contributed by atoms with Crippen LogP contribution in [0, 0.1) is 5.92 Å². The van der Waals surface area contributed by atoms with E-state index in [4.69, 9.17) is 9.84 Å². The first-order valence-electron chi connectivity index (χ1n) is 7.10. The molecule has 1 heterocycles. The van der Waals surface area contributed by atoms with Crippen LogP contribution in [0.15, 0.2) is 18.2 Å². The predicted molar refractivity (Wildman–Crippen MR) is 79.1 cm³/mol. The van der Waals surface area contributed by atoms with Crippen LogP contribution in [0.2, 0.25) is 0 Å². The van der Waals surface area contributed by atoms with E-state index in [0.29, 0.717) is 13.0 Å². The SMILES string of the molecule is COc1ccc2c(c1)C(CN1CCC(O)C(C(=O)O)C1)=C2. The summed E-state index contributed by atoms with van der Waals surface area (Å²) in [7, 11) is 1.65. The van der Waals surface area contributed by atoms with Crippen molar-refractivity contribution in [1.82, 2.24) is 4.90 Å². The van der Waals surface area contributed by atoms with E-state index in [1.165, 1.54) is 16.7 Å². The largest absolute Gasteiger partial charge is 0.497 e. The van der Waals surface area contributed by atoms with Gasteiger partial charge in [-0.1, -0.05) is 6.07 Å². The Morgan fingerprint density at radius 1 is 1.48 bits per heavy atom. The molecular weight excluding hydrogens is 270 g/mol. The van der Waals surface area contributed by atoms with Crippen LogP contribution in [-0.2, 0) is 4.79 Å². The monoisotopic (exact) mass is 289 g/mol. The van der Waals surface area contributed by atoms with E-state index in [2.05, 4.69) is 11.0 Å². The van der Waals surface area contributed by atoms with Gasteiger partial charge in [-0.15, -0.1) is 0 Å². The van der Waals surface area contributed by atoms with Crippen molar-refractivity contribution in [3.8, 4) is 5.75 Å². The normalized spacial score (nSPS) is 24.8. The van der Waals surface area contributed by atoms with Gasteiger partial charge < -0.3 is 14.9 Å². The molecule has 0 saturated carbocycles. The molecule has 1 fully saturated rings. The average molecular weight is 289 g/mol. The maximum Gasteiger partial charge on any atom is 0.310 e. The van der Waals surface area contributed by atoms with Crippen molar-refractivity contribution in [2.45, 2.75) is 12.5 Å². The lowest BCUT2D eigenvalue weighted by atomic mass is 9.87. The van der Waals surface area contributed by atoms with Gasteiger partial charge in [-0.2, -0.15) is 0 Å². The van der Waals surface area contributed by atoms with E-state index in [9.17, 15) is 9.90 Å². The molecular formula is C16H19NO4. The van der Waals surface area contributed by atoms with Gasteiger partial charge in [-0.05, 0) is 41.3 Å². The molecule has 1 aromatic carbocycles. The van der Waals surface area contributed by atoms with Crippen LogP contribution in [0.4, 0.5) is 0 Å². The zero-order chi connectivity index (χ0) is 15.0. The number of benzene rings is 1. The summed E-state index contributed by atoms with van der Waals surface area (Å²) >= 11 is 0. The number of aliphatic carboxylic acids is 1. The highest BCUT2D eigenvalue weighted by Gasteiger charge is 2.33. The van der Waals surface area contributed by atoms with Crippen molar-refractivity contribution in [3.05, 3.63) is 29.3 Å². The molecule has 1 aliphatic carbocycles. The lowest BCUT2D eigenvalue weighted by molar-refractivity contribution is -0.148. The second kappa shape index (κ2) is 5.50. The number of nitrogens with zero attached hydrogens (tertiary/aromatic N) is 1. The summed E-state index contributed by atoms with van der Waals surface area (Å²) in [4.78, 5) is 13.2. The number of carboxylic acids is 1. The molecule has 1 aromatic rings. The fourth-order valence-electron chi connectivity index (χ4n) is 3.02. The van der Waals surface area contributed by atoms with Gasteiger partial charge in [0.1, 0.15) is 5.75 Å². The number of ether oxygens (including phenoxy) is 1. The maximum atomic E-state index is 11.1. The van der Waals surface area contributed by atoms with Crippen LogP contribution >= 0.6 is 0 Å². The van der Waals surface area contributed by atoms with Crippen LogP contribution in [0.3, 0.4) is 0 Å². The fraction of sp³-hybridized carbons (Fsp3) is 0.438. The number of carboxylic acid groups (broad SMARTS) is 1. The Bertz CT molecular complexity index is 596. The molecule has 1 saturated heterocycles. The van der Waals surface area contributed by atoms with Crippen LogP contribution in [-0.4, -0.2) is 53.9 Å². The first-order valence-corrected chi connectivity index (χ1v) is 7.10. The zero-order valence-corrected chi connectivity index (χ0v) is 12.0. The van der Waals surface area contributed by atoms with E-state index in [1.54, 1.807) is 7.11 Å². The van der Waals surface area contributed by atoms with Crippen LogP contribution in [0.1, 0.15) is 17.5 Å². The maximum absolute atomic E-state index is 11.1. The average Bonchev–Trinajstić information content (AvgIpc) is 2.46. The van der Waals surface area contributed by atoms with Gasteiger partial charge in [0.25, 0.3) is 0 Å². The van der Waals surface area contributed by atoms with E-state index in [0.717, 1.165) is 18.8 Å². The lowest BCUT2D eigenvalue weighted by Gasteiger charge is -2.36. The Morgan fingerprint density at radius 2 is 2.29 bits per heavy atom. The van der Waals surface area contributed by atoms with E-state index >= 15 is 0 Å². The van der Waals surface area contributed by atoms with Gasteiger partial charge in [0, 0.05) is 19.6 Å². The minimum absolute atomic E-state index is 0.396. The van der Waals surface area contributed by atoms with Crippen molar-refractivity contribution in [2.75, 3.05) is 26.7 Å². The number of carbonyl (C=O) groups is 1. The Balaban J connectivity index is 1.67. The Morgan fingerprint density at radius 3 is 3.00 bits per heavy atom. The fourth-order valence-corrected chi connectivity index (χ4v) is 3.02. The van der Waals surface area contributed by atoms with Crippen molar-refractivity contribution in [3.63, 3.8) is 0 Å². The molecule has 2 atom stereocenters. The Kier molecular flexibility index (Phi) is 3.69. The van der Waals surface area contributed by atoms with Crippen LogP contribution in [0.25, 0.3) is 11.6 Å². The van der Waals surface area contributed by atoms with Gasteiger partial charge in [0.2, 0.25) is 0 Å². The molecule has 0 aromatic heterocycles. The molecule has 2 unspecified atom stereocenters. The third-order valence-corrected chi connectivity index (χ3v) is 4.31. The highest BCUT2D eigenvalue weighted by Crippen LogP contribution is 2.36. The number of piperidine rings is 1. The number of methoxy groups -OCH3 is 1. The van der Waals surface area contributed by atoms with Gasteiger partial charge in [-0.3, -0.25) is 9.69 Å². The van der Waals surface area contributed by atoms with E-state index in [-0.39, 0.29) is 0 Å². The standard InChI is InChI=1S/C16H19NO4/c1-21-12-3-2-10-6-11(13(10)7-12)8-17-5-4-15(18)14(9-17)16(19)20/h2-3,6-7,14-15,18H,4-5,8-9H2,1H3,(H,19,20). The Hall–Kier alpha value is -1.85. The van der Waals surface area contributed by atoms with Crippen molar-refractivity contribution in [1.29, 1.82) is 0 Å². The molecule has 0 bridgehead atoms. The van der Waals surface area contributed by atoms with Gasteiger partial charge in [0.05, 0.1) is 19.1 Å². The number of fused-ring (bicyclic) bond motifs is 1. The van der Waals surface area contributed by atoms with E-state index in [1.807, 2.05) is 18.2 Å². The number of hydrogen-bond donors (Lipinski definition) is 2. The quantitative estimate of drug-likeness (QED) is 0.875. The molecule has 2 aliphatic rings. The summed E-state index contributed by atoms with van der Waals surface area (Å²) in [6, 6.07) is 5.97. The summed E-state index contributed by atoms with van der Waals surface area (Å²) in [6.45, 7) is 1.84. The van der Waals surface area contributed by atoms with Gasteiger partial charge >= 0.3 is 5.97 Å². The van der Waals surface area contributed by atoms with Crippen molar-refractivity contribution >= 4 is 17.6 Å². The number of likely N-dealkylation sites (tertiary alicyclic amines) is 1. The number of rotatable bonds is 4. The third kappa shape index (κ3) is 2.66. The summed E-state index contributed by atoms with van der Waals surface area (Å²) in [5, 5.41) is 18.9. The molecule has 112 valence electrons. The summed E-state index contributed by atoms with van der Waals surface area (Å²) in [6.07, 6.45) is 1.90. The summed E-state index contributed by atoms with van der Waals surface area (Å²) < 4.78 is 5.23. The Labute approximate surface area is 123 Å². The molecule has 1 aliphatic heterocycles. The molecule has 3 rings (SSSR count). The predicted octanol–water partition coefficient (Wildman–Crippen LogP) is 1.32. The van der Waals surface area contributed by atoms with E-state index < -0.39 is 18.0 Å². The second-order valence-corrected chi connectivity index (χ2v) is 5.66. The van der Waals surface area contributed by atoms with Crippen LogP contribution in [0.5, 0.6) is 5.75 Å². The van der Waals surface area contributed by atoms with Gasteiger partial charge in [-0.25, -0.2) is 0 Å². The lowest BCUT2D eigenvalue weighted by Crippen LogP contribution is -2.47. The summed E-state index contributed by atoms with van der Waals surface area (Å²) in [5.41, 5.74) is 3.56. The van der Waals surface area contributed by atoms with Crippen LogP contribution < -0.4 is 4.74 Å². The van der Waals surface area contributed by atoms with Crippen molar-refractivity contribution < 1.29 is 19.7 Å². The minimum Gasteiger partial charge on any atom is -0.497 e. The number of hydrogen-bond acceptors (Lipinski definition) is 4. The number of aliphatic hydroxyl groups is 1. The molecule has 0 radical (unpaired) electrons. The minimum atomic E-state index is -0.920. The zero-order valence-electron chi connectivity index (χ0n) is 12.0. The van der Waals surface area contributed by atoms with Crippen molar-refractivity contribution in [2.24, 2.45) is 5.92 Å². The number of aliphatic hydroxyl groups excluding tert-OH is 1. The molecule has 0 amide bonds. The smallest absolute Gasteiger partial charge is 0.310 e. The topological polar surface area (TPSA) is 70.0 Å². The molecule has 2 N–H and O–H groups in total. The first-order chi connectivity index (χ1) is 10.1. The highest BCUT2D eigenvalue weighted by molar-refractivity contribution is 5.96. The molecule has 21 heavy (non-hydrogen) atoms. The highest BCUT2D eigenvalue weighted by atomic mass is 16.5. The molecule has 0 spiro atoms. The summed E-state index contributed by atoms with van der Waals surface area (Å²) in [5.74, 6) is -0.780. The molecule has 5 heteroatoms. The first kappa shape index (κ1) is 14.1.